The van der Waals surface area contributed by atoms with Crippen molar-refractivity contribution in [2.45, 2.75) is 6.54 Å². The number of hydrogen-bond acceptors (Lipinski definition) is 5. The van der Waals surface area contributed by atoms with E-state index in [0.29, 0.717) is 18.5 Å². The standard InChI is InChI=1S/C13H14N4O3/c1-15-6-5-14-13(15)8-16(2)11-4-3-10(9-18)7-12(11)17(19)20/h3-7,9H,8H2,1-2H3. The van der Waals surface area contributed by atoms with Crippen LogP contribution in [0.15, 0.2) is 30.6 Å². The molecule has 0 radical (unpaired) electrons. The van der Waals surface area contributed by atoms with E-state index in [1.807, 2.05) is 17.8 Å². The minimum absolute atomic E-state index is 0.0914. The average Bonchev–Trinajstić information content (AvgIpc) is 2.83. The number of nitro groups is 1. The van der Waals surface area contributed by atoms with Gasteiger partial charge in [0.2, 0.25) is 0 Å². The second kappa shape index (κ2) is 5.52. The highest BCUT2D eigenvalue weighted by atomic mass is 16.6. The first-order valence-corrected chi connectivity index (χ1v) is 5.94. The second-order valence-electron chi connectivity index (χ2n) is 4.43. The number of benzene rings is 1. The van der Waals surface area contributed by atoms with Crippen LogP contribution in [0.25, 0.3) is 0 Å². The van der Waals surface area contributed by atoms with E-state index >= 15 is 0 Å². The molecule has 0 bridgehead atoms. The highest BCUT2D eigenvalue weighted by Crippen LogP contribution is 2.28. The fourth-order valence-electron chi connectivity index (χ4n) is 1.93. The number of nitro benzene ring substituents is 1. The van der Waals surface area contributed by atoms with Gasteiger partial charge in [-0.05, 0) is 12.1 Å². The first-order valence-electron chi connectivity index (χ1n) is 5.94. The molecule has 0 unspecified atom stereocenters. The molecule has 7 nitrogen and oxygen atoms in total. The Kier molecular flexibility index (Phi) is 3.79. The minimum atomic E-state index is -0.489. The number of aromatic nitrogens is 2. The fraction of sp³-hybridized carbons (Fsp3) is 0.231. The molecule has 1 heterocycles. The van der Waals surface area contributed by atoms with Crippen LogP contribution in [0, 0.1) is 10.1 Å². The summed E-state index contributed by atoms with van der Waals surface area (Å²) < 4.78 is 1.85. The summed E-state index contributed by atoms with van der Waals surface area (Å²) in [6.07, 6.45) is 4.08. The van der Waals surface area contributed by atoms with Crippen molar-refractivity contribution in [3.05, 3.63) is 52.1 Å². The fourth-order valence-corrected chi connectivity index (χ4v) is 1.93. The van der Waals surface area contributed by atoms with E-state index in [2.05, 4.69) is 4.98 Å². The predicted molar refractivity (Wildman–Crippen MR) is 73.8 cm³/mol. The van der Waals surface area contributed by atoms with Crippen LogP contribution in [0.2, 0.25) is 0 Å². The average molecular weight is 274 g/mol. The van der Waals surface area contributed by atoms with Crippen molar-refractivity contribution in [1.29, 1.82) is 0 Å². The van der Waals surface area contributed by atoms with Gasteiger partial charge in [0.05, 0.1) is 11.5 Å². The van der Waals surface area contributed by atoms with Crippen LogP contribution in [0.4, 0.5) is 11.4 Å². The molecule has 20 heavy (non-hydrogen) atoms. The van der Waals surface area contributed by atoms with Crippen molar-refractivity contribution in [3.63, 3.8) is 0 Å². The van der Waals surface area contributed by atoms with E-state index in [1.165, 1.54) is 6.07 Å². The van der Waals surface area contributed by atoms with Gasteiger partial charge >= 0.3 is 0 Å². The van der Waals surface area contributed by atoms with E-state index in [0.717, 1.165) is 5.82 Å². The van der Waals surface area contributed by atoms with Gasteiger partial charge in [0.15, 0.2) is 0 Å². The molecule has 0 aliphatic rings. The Morgan fingerprint density at radius 2 is 2.25 bits per heavy atom. The lowest BCUT2D eigenvalue weighted by molar-refractivity contribution is -0.384. The zero-order chi connectivity index (χ0) is 14.7. The molecule has 2 aromatic rings. The summed E-state index contributed by atoms with van der Waals surface area (Å²) in [6.45, 7) is 0.435. The summed E-state index contributed by atoms with van der Waals surface area (Å²) in [5.41, 5.74) is 0.640. The molecule has 7 heteroatoms. The van der Waals surface area contributed by atoms with Gasteiger partial charge < -0.3 is 9.47 Å². The van der Waals surface area contributed by atoms with Crippen molar-refractivity contribution < 1.29 is 9.72 Å². The molecule has 1 aromatic carbocycles. The first-order chi connectivity index (χ1) is 9.52. The quantitative estimate of drug-likeness (QED) is 0.471. The van der Waals surface area contributed by atoms with Gasteiger partial charge in [0.1, 0.15) is 17.8 Å². The summed E-state index contributed by atoms with van der Waals surface area (Å²) >= 11 is 0. The molecule has 0 aliphatic carbocycles. The van der Waals surface area contributed by atoms with E-state index in [4.69, 9.17) is 0 Å². The predicted octanol–water partition coefficient (Wildman–Crippen LogP) is 1.78. The molecule has 0 aliphatic heterocycles. The first kappa shape index (κ1) is 13.7. The molecular formula is C13H14N4O3. The zero-order valence-corrected chi connectivity index (χ0v) is 11.2. The SMILES string of the molecule is CN(Cc1nccn1C)c1ccc(C=O)cc1[N+](=O)[O-]. The molecule has 0 amide bonds. The zero-order valence-electron chi connectivity index (χ0n) is 11.2. The summed E-state index contributed by atoms with van der Waals surface area (Å²) in [6, 6.07) is 4.41. The Labute approximate surface area is 115 Å². The number of rotatable bonds is 5. The van der Waals surface area contributed by atoms with Crippen molar-refractivity contribution in [3.8, 4) is 0 Å². The van der Waals surface area contributed by atoms with Crippen LogP contribution in [0.1, 0.15) is 16.2 Å². The normalized spacial score (nSPS) is 10.3. The van der Waals surface area contributed by atoms with E-state index in [-0.39, 0.29) is 11.3 Å². The van der Waals surface area contributed by atoms with E-state index in [9.17, 15) is 14.9 Å². The summed E-state index contributed by atoms with van der Waals surface area (Å²) in [5, 5.41) is 11.1. The van der Waals surface area contributed by atoms with Gasteiger partial charge in [0, 0.05) is 38.1 Å². The molecule has 0 spiro atoms. The Morgan fingerprint density at radius 3 is 2.80 bits per heavy atom. The monoisotopic (exact) mass is 274 g/mol. The minimum Gasteiger partial charge on any atom is -0.362 e. The number of carbonyl (C=O) groups is 1. The number of imidazole rings is 1. The second-order valence-corrected chi connectivity index (χ2v) is 4.43. The largest absolute Gasteiger partial charge is 0.362 e. The van der Waals surface area contributed by atoms with Crippen LogP contribution in [-0.4, -0.2) is 27.8 Å². The number of aryl methyl sites for hydroxylation is 1. The number of nitrogens with zero attached hydrogens (tertiary/aromatic N) is 4. The van der Waals surface area contributed by atoms with Crippen molar-refractivity contribution in [2.24, 2.45) is 7.05 Å². The van der Waals surface area contributed by atoms with Crippen molar-refractivity contribution in [1.82, 2.24) is 9.55 Å². The molecule has 1 aromatic heterocycles. The lowest BCUT2D eigenvalue weighted by Crippen LogP contribution is -2.20. The Hall–Kier alpha value is -2.70. The van der Waals surface area contributed by atoms with Crippen LogP contribution in [0.5, 0.6) is 0 Å². The Morgan fingerprint density at radius 1 is 1.50 bits per heavy atom. The summed E-state index contributed by atoms with van der Waals surface area (Å²) in [5.74, 6) is 0.793. The number of aldehydes is 1. The summed E-state index contributed by atoms with van der Waals surface area (Å²) in [4.78, 5) is 27.2. The van der Waals surface area contributed by atoms with E-state index in [1.54, 1.807) is 30.3 Å². The van der Waals surface area contributed by atoms with Crippen LogP contribution in [-0.2, 0) is 13.6 Å². The van der Waals surface area contributed by atoms with E-state index < -0.39 is 4.92 Å². The van der Waals surface area contributed by atoms with Crippen LogP contribution < -0.4 is 4.90 Å². The summed E-state index contributed by atoms with van der Waals surface area (Å²) in [7, 11) is 3.61. The highest BCUT2D eigenvalue weighted by Gasteiger charge is 2.18. The molecule has 0 atom stereocenters. The van der Waals surface area contributed by atoms with Gasteiger partial charge in [0.25, 0.3) is 5.69 Å². The maximum Gasteiger partial charge on any atom is 0.293 e. The van der Waals surface area contributed by atoms with Gasteiger partial charge in [-0.2, -0.15) is 0 Å². The van der Waals surface area contributed by atoms with Gasteiger partial charge in [-0.15, -0.1) is 0 Å². The molecule has 0 saturated carbocycles. The molecule has 0 saturated heterocycles. The lowest BCUT2D eigenvalue weighted by Gasteiger charge is -2.19. The number of hydrogen-bond donors (Lipinski definition) is 0. The maximum atomic E-state index is 11.1. The third kappa shape index (κ3) is 2.66. The number of carbonyl (C=O) groups excluding carboxylic acids is 1. The number of anilines is 1. The van der Waals surface area contributed by atoms with Crippen LogP contribution in [0.3, 0.4) is 0 Å². The smallest absolute Gasteiger partial charge is 0.293 e. The molecular weight excluding hydrogens is 260 g/mol. The maximum absolute atomic E-state index is 11.1. The highest BCUT2D eigenvalue weighted by molar-refractivity contribution is 5.79. The van der Waals surface area contributed by atoms with Crippen molar-refractivity contribution in [2.75, 3.05) is 11.9 Å². The molecule has 2 rings (SSSR count). The molecule has 0 N–H and O–H groups in total. The van der Waals surface area contributed by atoms with Gasteiger partial charge in [-0.3, -0.25) is 14.9 Å². The molecule has 0 fully saturated rings. The Balaban J connectivity index is 2.34. The molecule has 104 valence electrons. The van der Waals surface area contributed by atoms with Gasteiger partial charge in [-0.25, -0.2) is 4.98 Å². The topological polar surface area (TPSA) is 81.3 Å². The van der Waals surface area contributed by atoms with Crippen LogP contribution >= 0.6 is 0 Å². The third-order valence-electron chi connectivity index (χ3n) is 3.04. The lowest BCUT2D eigenvalue weighted by atomic mass is 10.1. The third-order valence-corrected chi connectivity index (χ3v) is 3.04. The Bertz CT molecular complexity index is 651. The van der Waals surface area contributed by atoms with Crippen molar-refractivity contribution >= 4 is 17.7 Å². The van der Waals surface area contributed by atoms with Gasteiger partial charge in [-0.1, -0.05) is 0 Å².